The van der Waals surface area contributed by atoms with Crippen molar-refractivity contribution in [2.45, 2.75) is 105 Å². The Morgan fingerprint density at radius 2 is 1.30 bits per heavy atom. The van der Waals surface area contributed by atoms with Crippen LogP contribution in [0, 0.1) is 18.8 Å². The molecule has 330 valence electrons. The van der Waals surface area contributed by atoms with Crippen LogP contribution in [0.1, 0.15) is 134 Å². The van der Waals surface area contributed by atoms with E-state index in [0.29, 0.717) is 34.0 Å². The fraction of sp³-hybridized carbons (Fsp3) is 0.276. The molecule has 1 unspecified atom stereocenters. The number of pyridine rings is 1. The van der Waals surface area contributed by atoms with Gasteiger partial charge < -0.3 is 19.1 Å². The largest absolute Gasteiger partial charge is 0.509 e. The van der Waals surface area contributed by atoms with Crippen molar-refractivity contribution in [3.63, 3.8) is 0 Å². The Labute approximate surface area is 402 Å². The van der Waals surface area contributed by atoms with Crippen LogP contribution in [0.2, 0.25) is 0 Å². The molecule has 5 nitrogen and oxygen atoms in total. The van der Waals surface area contributed by atoms with Crippen LogP contribution in [0.3, 0.4) is 0 Å². The number of anilines is 4. The molecule has 0 saturated heterocycles. The molecule has 8 aromatic rings. The van der Waals surface area contributed by atoms with Crippen molar-refractivity contribution in [3.05, 3.63) is 174 Å². The monoisotopic (exact) mass is 1030 g/mol. The number of para-hydroxylation sites is 4. The molecule has 0 N–H and O–H groups in total. The van der Waals surface area contributed by atoms with Crippen LogP contribution in [0.4, 0.5) is 22.7 Å². The van der Waals surface area contributed by atoms with E-state index in [1.165, 1.54) is 23.6 Å². The number of rotatable bonds is 10. The zero-order chi connectivity index (χ0) is 48.7. The summed E-state index contributed by atoms with van der Waals surface area (Å²) >= 11 is 0. The quantitative estimate of drug-likeness (QED) is 0.128. The fourth-order valence-corrected chi connectivity index (χ4v) is 9.03. The summed E-state index contributed by atoms with van der Waals surface area (Å²) in [6, 6.07) is 48.0. The van der Waals surface area contributed by atoms with Crippen LogP contribution in [0.15, 0.2) is 128 Å². The van der Waals surface area contributed by atoms with E-state index in [9.17, 15) is 2.74 Å². The Morgan fingerprint density at radius 1 is 0.656 bits per heavy atom. The van der Waals surface area contributed by atoms with Gasteiger partial charge in [-0.15, -0.1) is 53.6 Å². The summed E-state index contributed by atoms with van der Waals surface area (Å²) in [6.07, 6.45) is 1.88. The Bertz CT molecular complexity index is 3190. The molecule has 1 aliphatic heterocycles. The van der Waals surface area contributed by atoms with Gasteiger partial charge in [0.1, 0.15) is 5.82 Å². The van der Waals surface area contributed by atoms with Gasteiger partial charge in [0.15, 0.2) is 0 Å². The number of hydrogen-bond acceptors (Lipinski definition) is 4. The van der Waals surface area contributed by atoms with Gasteiger partial charge in [-0.2, -0.15) is 6.07 Å². The number of ether oxygens (including phenoxy) is 1. The first kappa shape index (κ1) is 38.8. The molecule has 6 heteroatoms. The SMILES string of the molecule is [2H]C(C)(C)c1cccc(C([2H])(C)C([2H])([2H])[2H])c1N1[CH-]N(c2[c-]c(Oc3[c-]c4c(cc3)c3ccccc3n4-c3cc(C(C)(C)C)ccn3)cc(-c3c(C(C)C)cccc3C(C)C)c2)c2ccccc21.[Pt]. The summed E-state index contributed by atoms with van der Waals surface area (Å²) in [5.41, 5.74) is 11.2. The van der Waals surface area contributed by atoms with E-state index in [1.54, 1.807) is 26.0 Å². The molecule has 0 amide bonds. The summed E-state index contributed by atoms with van der Waals surface area (Å²) in [4.78, 5) is 8.88. The molecule has 0 aliphatic carbocycles. The zero-order valence-corrected chi connectivity index (χ0v) is 40.6. The van der Waals surface area contributed by atoms with Gasteiger partial charge in [-0.05, 0) is 98.1 Å². The third-order valence-electron chi connectivity index (χ3n) is 12.2. The zero-order valence-electron chi connectivity index (χ0n) is 43.4. The molecule has 0 saturated carbocycles. The summed E-state index contributed by atoms with van der Waals surface area (Å²) in [5.74, 6) is -0.891. The minimum atomic E-state index is -2.65. The first-order valence-electron chi connectivity index (χ1n) is 24.5. The Balaban J connectivity index is 0.00000642. The minimum absolute atomic E-state index is 0. The van der Waals surface area contributed by atoms with Crippen molar-refractivity contribution in [2.75, 3.05) is 9.80 Å². The molecule has 0 bridgehead atoms. The van der Waals surface area contributed by atoms with E-state index < -0.39 is 18.6 Å². The van der Waals surface area contributed by atoms with Gasteiger partial charge in [0.2, 0.25) is 0 Å². The van der Waals surface area contributed by atoms with E-state index in [2.05, 4.69) is 132 Å². The normalized spacial score (nSPS) is 15.3. The second-order valence-corrected chi connectivity index (χ2v) is 18.6. The Hall–Kier alpha value is -5.64. The predicted octanol–water partition coefficient (Wildman–Crippen LogP) is 16.4. The number of nitrogens with zero attached hydrogens (tertiary/aromatic N) is 4. The molecule has 0 fully saturated rings. The van der Waals surface area contributed by atoms with Gasteiger partial charge in [0.05, 0.1) is 0 Å². The third-order valence-corrected chi connectivity index (χ3v) is 12.2. The third kappa shape index (κ3) is 8.17. The number of fused-ring (bicyclic) bond motifs is 4. The number of hydrogen-bond donors (Lipinski definition) is 0. The van der Waals surface area contributed by atoms with Crippen LogP contribution < -0.4 is 14.5 Å². The van der Waals surface area contributed by atoms with Gasteiger partial charge in [-0.1, -0.05) is 148 Å². The minimum Gasteiger partial charge on any atom is -0.509 e. The van der Waals surface area contributed by atoms with Crippen LogP contribution in [-0.2, 0) is 26.5 Å². The van der Waals surface area contributed by atoms with Crippen LogP contribution >= 0.6 is 0 Å². The first-order chi connectivity index (χ1) is 32.0. The van der Waals surface area contributed by atoms with Gasteiger partial charge in [0, 0.05) is 68.2 Å². The van der Waals surface area contributed by atoms with Gasteiger partial charge in [-0.3, -0.25) is 0 Å². The summed E-state index contributed by atoms with van der Waals surface area (Å²) < 4.78 is 53.3. The molecular weight excluding hydrogens is 964 g/mol. The van der Waals surface area contributed by atoms with Gasteiger partial charge in [0.25, 0.3) is 0 Å². The first-order valence-corrected chi connectivity index (χ1v) is 22.0. The summed E-state index contributed by atoms with van der Waals surface area (Å²) in [7, 11) is 0. The molecule has 1 atom stereocenters. The standard InChI is InChI=1S/C58H59N4O.Pt/c1-36(2)45-19-16-20-46(37(3)4)56(45)40-30-42(60-35-61(53-25-15-14-24-52(53)60)57-47(38(5)6)21-17-22-48(57)39(7)8)33-44(31-40)63-43-26-27-50-49-18-12-13-23-51(49)62(54(50)34-43)55-32-41(28-29-59-55)58(9,10)11;/h12-32,35-39H,1-11H3;/q-3;/i5D3,38D,39D;. The van der Waals surface area contributed by atoms with E-state index >= 15 is 0 Å². The van der Waals surface area contributed by atoms with E-state index in [-0.39, 0.29) is 38.3 Å². The van der Waals surface area contributed by atoms with Crippen molar-refractivity contribution in [2.24, 2.45) is 0 Å². The maximum Gasteiger partial charge on any atom is 0.135 e. The van der Waals surface area contributed by atoms with Crippen molar-refractivity contribution in [3.8, 4) is 28.4 Å². The predicted molar refractivity (Wildman–Crippen MR) is 265 cm³/mol. The maximum absolute atomic E-state index is 9.36. The number of benzene rings is 6. The maximum atomic E-state index is 9.36. The van der Waals surface area contributed by atoms with E-state index in [1.807, 2.05) is 65.1 Å². The molecule has 64 heavy (non-hydrogen) atoms. The van der Waals surface area contributed by atoms with Crippen LogP contribution in [-0.4, -0.2) is 9.55 Å². The van der Waals surface area contributed by atoms with Crippen molar-refractivity contribution < 1.29 is 32.7 Å². The van der Waals surface area contributed by atoms with Gasteiger partial charge >= 0.3 is 0 Å². The molecule has 9 rings (SSSR count). The average Bonchev–Trinajstić information content (AvgIpc) is 3.83. The smallest absolute Gasteiger partial charge is 0.135 e. The van der Waals surface area contributed by atoms with Crippen LogP contribution in [0.25, 0.3) is 38.8 Å². The molecular formula is C58H59N4OPt-3. The van der Waals surface area contributed by atoms with Crippen LogP contribution in [0.5, 0.6) is 11.5 Å². The fourth-order valence-electron chi connectivity index (χ4n) is 9.03. The number of aromatic nitrogens is 2. The van der Waals surface area contributed by atoms with E-state index in [4.69, 9.17) is 13.8 Å². The Morgan fingerprint density at radius 3 is 1.95 bits per heavy atom. The molecule has 0 radical (unpaired) electrons. The second kappa shape index (κ2) is 17.7. The summed E-state index contributed by atoms with van der Waals surface area (Å²) in [6.45, 7) is 19.8. The Kier molecular flexibility index (Phi) is 10.7. The van der Waals surface area contributed by atoms with Crippen molar-refractivity contribution in [1.82, 2.24) is 9.55 Å². The second-order valence-electron chi connectivity index (χ2n) is 18.6. The topological polar surface area (TPSA) is 33.5 Å². The van der Waals surface area contributed by atoms with Crippen molar-refractivity contribution >= 4 is 44.6 Å². The molecule has 1 aliphatic rings. The molecule has 3 heterocycles. The summed E-state index contributed by atoms with van der Waals surface area (Å²) in [5, 5.41) is 2.12. The van der Waals surface area contributed by atoms with E-state index in [0.717, 1.165) is 50.1 Å². The van der Waals surface area contributed by atoms with Crippen molar-refractivity contribution in [1.29, 1.82) is 0 Å². The van der Waals surface area contributed by atoms with Gasteiger partial charge in [-0.25, -0.2) is 4.98 Å². The molecule has 6 aromatic carbocycles. The molecule has 0 spiro atoms. The molecule has 2 aromatic heterocycles. The average molecular weight is 1030 g/mol.